The van der Waals surface area contributed by atoms with Crippen molar-refractivity contribution in [2.75, 3.05) is 32.9 Å². The minimum Gasteiger partial charge on any atom is -0.491 e. The van der Waals surface area contributed by atoms with Crippen molar-refractivity contribution in [1.82, 2.24) is 4.90 Å². The number of carboxylic acid groups (broad SMARTS) is 1. The molecule has 0 bridgehead atoms. The van der Waals surface area contributed by atoms with E-state index in [1.807, 2.05) is 52.0 Å². The molecule has 7 nitrogen and oxygen atoms in total. The lowest BCUT2D eigenvalue weighted by Gasteiger charge is -2.27. The van der Waals surface area contributed by atoms with Crippen LogP contribution in [-0.2, 0) is 20.9 Å². The number of aliphatic hydroxyl groups excluding tert-OH is 1. The molecule has 0 radical (unpaired) electrons. The van der Waals surface area contributed by atoms with Crippen molar-refractivity contribution < 1.29 is 29.2 Å². The third kappa shape index (κ3) is 10.9. The smallest absolute Gasteiger partial charge is 0.317 e. The van der Waals surface area contributed by atoms with Gasteiger partial charge in [0.25, 0.3) is 0 Å². The summed E-state index contributed by atoms with van der Waals surface area (Å²) in [6, 6.07) is 7.51. The number of rotatable bonds is 14. The van der Waals surface area contributed by atoms with E-state index in [1.54, 1.807) is 4.90 Å². The first-order valence-corrected chi connectivity index (χ1v) is 9.33. The number of aliphatic hydroxyl groups is 1. The zero-order chi connectivity index (χ0) is 20.2. The molecule has 0 saturated heterocycles. The van der Waals surface area contributed by atoms with E-state index in [0.29, 0.717) is 25.6 Å². The monoisotopic (exact) mass is 383 g/mol. The van der Waals surface area contributed by atoms with Gasteiger partial charge < -0.3 is 24.4 Å². The third-order valence-corrected chi connectivity index (χ3v) is 3.83. The average Bonchev–Trinajstić information content (AvgIpc) is 2.59. The van der Waals surface area contributed by atoms with Crippen molar-refractivity contribution in [2.45, 2.75) is 52.6 Å². The van der Waals surface area contributed by atoms with Crippen LogP contribution in [0.1, 0.15) is 33.3 Å². The van der Waals surface area contributed by atoms with Crippen molar-refractivity contribution in [1.29, 1.82) is 0 Å². The van der Waals surface area contributed by atoms with Crippen molar-refractivity contribution in [3.05, 3.63) is 29.8 Å². The zero-order valence-corrected chi connectivity index (χ0v) is 16.8. The van der Waals surface area contributed by atoms with Gasteiger partial charge in [0.15, 0.2) is 0 Å². The Hall–Kier alpha value is -1.67. The van der Waals surface area contributed by atoms with E-state index >= 15 is 0 Å². The van der Waals surface area contributed by atoms with Gasteiger partial charge in [-0.25, -0.2) is 0 Å². The number of aliphatic carboxylic acids is 1. The summed E-state index contributed by atoms with van der Waals surface area (Å²) in [5.41, 5.74) is 1.03. The van der Waals surface area contributed by atoms with Crippen molar-refractivity contribution in [3.63, 3.8) is 0 Å². The Morgan fingerprint density at radius 3 is 2.33 bits per heavy atom. The molecule has 1 unspecified atom stereocenters. The first-order chi connectivity index (χ1) is 12.8. The molecule has 0 aliphatic rings. The van der Waals surface area contributed by atoms with Gasteiger partial charge in [-0.2, -0.15) is 0 Å². The summed E-state index contributed by atoms with van der Waals surface area (Å²) < 4.78 is 16.6. The summed E-state index contributed by atoms with van der Waals surface area (Å²) in [4.78, 5) is 12.6. The number of benzene rings is 1. The van der Waals surface area contributed by atoms with Gasteiger partial charge in [-0.1, -0.05) is 12.1 Å². The van der Waals surface area contributed by atoms with Gasteiger partial charge in [0.2, 0.25) is 0 Å². The molecule has 1 aromatic carbocycles. The third-order valence-electron chi connectivity index (χ3n) is 3.83. The van der Waals surface area contributed by atoms with Gasteiger partial charge >= 0.3 is 5.97 Å². The van der Waals surface area contributed by atoms with Gasteiger partial charge in [0.1, 0.15) is 18.5 Å². The van der Waals surface area contributed by atoms with E-state index in [0.717, 1.165) is 5.56 Å². The molecule has 2 N–H and O–H groups in total. The number of hydrogen-bond acceptors (Lipinski definition) is 6. The average molecular weight is 383 g/mol. The molecular formula is C20H33NO6. The van der Waals surface area contributed by atoms with Crippen LogP contribution in [0, 0.1) is 0 Å². The molecule has 0 amide bonds. The predicted octanol–water partition coefficient (Wildman–Crippen LogP) is 2.16. The molecular weight excluding hydrogens is 350 g/mol. The van der Waals surface area contributed by atoms with Gasteiger partial charge in [-0.05, 0) is 45.4 Å². The fourth-order valence-electron chi connectivity index (χ4n) is 2.36. The summed E-state index contributed by atoms with van der Waals surface area (Å²) in [5.74, 6) is -0.263. The van der Waals surface area contributed by atoms with E-state index < -0.39 is 12.1 Å². The largest absolute Gasteiger partial charge is 0.491 e. The summed E-state index contributed by atoms with van der Waals surface area (Å²) in [6.45, 7) is 9.63. The first-order valence-electron chi connectivity index (χ1n) is 9.33. The van der Waals surface area contributed by atoms with E-state index in [9.17, 15) is 9.90 Å². The molecule has 1 rings (SSSR count). The SMILES string of the molecule is CC(C)OCCOCc1ccc(OCC(O)CN(CC(=O)O)C(C)C)cc1. The Morgan fingerprint density at radius 2 is 1.78 bits per heavy atom. The number of hydrogen-bond donors (Lipinski definition) is 2. The first kappa shape index (κ1) is 23.4. The molecule has 0 aromatic heterocycles. The number of ether oxygens (including phenoxy) is 3. The molecule has 1 aromatic rings. The molecule has 0 aliphatic carbocycles. The Balaban J connectivity index is 2.32. The molecule has 27 heavy (non-hydrogen) atoms. The van der Waals surface area contributed by atoms with Crippen LogP contribution < -0.4 is 4.74 Å². The van der Waals surface area contributed by atoms with Crippen LogP contribution in [0.25, 0.3) is 0 Å². The predicted molar refractivity (Wildman–Crippen MR) is 103 cm³/mol. The number of nitrogens with zero attached hydrogens (tertiary/aromatic N) is 1. The standard InChI is InChI=1S/C20H33NO6/c1-15(2)21(12-20(23)24)11-18(22)14-27-19-7-5-17(6-8-19)13-25-9-10-26-16(3)4/h5-8,15-16,18,22H,9-14H2,1-4H3,(H,23,24). The highest BCUT2D eigenvalue weighted by molar-refractivity contribution is 5.69. The van der Waals surface area contributed by atoms with Gasteiger partial charge in [-0.3, -0.25) is 9.69 Å². The van der Waals surface area contributed by atoms with Crippen LogP contribution >= 0.6 is 0 Å². The maximum absolute atomic E-state index is 10.9. The van der Waals surface area contributed by atoms with E-state index in [2.05, 4.69) is 0 Å². The summed E-state index contributed by atoms with van der Waals surface area (Å²) in [6.07, 6.45) is -0.562. The fourth-order valence-corrected chi connectivity index (χ4v) is 2.36. The Labute approximate surface area is 161 Å². The normalized spacial score (nSPS) is 12.7. The Morgan fingerprint density at radius 1 is 1.11 bits per heavy atom. The van der Waals surface area contributed by atoms with Crippen LogP contribution in [0.2, 0.25) is 0 Å². The van der Waals surface area contributed by atoms with E-state index in [-0.39, 0.29) is 31.8 Å². The summed E-state index contributed by atoms with van der Waals surface area (Å²) >= 11 is 0. The van der Waals surface area contributed by atoms with Crippen LogP contribution in [0.5, 0.6) is 5.75 Å². The van der Waals surface area contributed by atoms with Gasteiger partial charge in [0, 0.05) is 12.6 Å². The van der Waals surface area contributed by atoms with Crippen LogP contribution in [-0.4, -0.2) is 72.2 Å². The van der Waals surface area contributed by atoms with Crippen molar-refractivity contribution >= 4 is 5.97 Å². The Kier molecular flexibility index (Phi) is 11.0. The summed E-state index contributed by atoms with van der Waals surface area (Å²) in [5, 5.41) is 19.0. The van der Waals surface area contributed by atoms with Crippen LogP contribution in [0.3, 0.4) is 0 Å². The number of carbonyl (C=O) groups is 1. The molecule has 0 aliphatic heterocycles. The second-order valence-electron chi connectivity index (χ2n) is 7.00. The summed E-state index contributed by atoms with van der Waals surface area (Å²) in [7, 11) is 0. The maximum Gasteiger partial charge on any atom is 0.317 e. The van der Waals surface area contributed by atoms with Crippen LogP contribution in [0.15, 0.2) is 24.3 Å². The highest BCUT2D eigenvalue weighted by Crippen LogP contribution is 2.13. The molecule has 7 heteroatoms. The van der Waals surface area contributed by atoms with Crippen molar-refractivity contribution in [2.24, 2.45) is 0 Å². The second kappa shape index (κ2) is 12.7. The molecule has 0 saturated carbocycles. The Bertz CT molecular complexity index is 532. The molecule has 154 valence electrons. The lowest BCUT2D eigenvalue weighted by molar-refractivity contribution is -0.139. The molecule has 0 heterocycles. The maximum atomic E-state index is 10.9. The quantitative estimate of drug-likeness (QED) is 0.476. The lowest BCUT2D eigenvalue weighted by Crippen LogP contribution is -2.42. The highest BCUT2D eigenvalue weighted by Gasteiger charge is 2.17. The highest BCUT2D eigenvalue weighted by atomic mass is 16.5. The number of carboxylic acids is 1. The van der Waals surface area contributed by atoms with Crippen molar-refractivity contribution in [3.8, 4) is 5.75 Å². The van der Waals surface area contributed by atoms with Gasteiger partial charge in [-0.15, -0.1) is 0 Å². The molecule has 0 spiro atoms. The second-order valence-corrected chi connectivity index (χ2v) is 7.00. The van der Waals surface area contributed by atoms with Gasteiger partial charge in [0.05, 0.1) is 32.5 Å². The fraction of sp³-hybridized carbons (Fsp3) is 0.650. The molecule has 1 atom stereocenters. The molecule has 0 fully saturated rings. The van der Waals surface area contributed by atoms with Crippen LogP contribution in [0.4, 0.5) is 0 Å². The topological polar surface area (TPSA) is 88.5 Å². The van der Waals surface area contributed by atoms with E-state index in [4.69, 9.17) is 19.3 Å². The minimum absolute atomic E-state index is 0.0287. The lowest BCUT2D eigenvalue weighted by atomic mass is 10.2. The van der Waals surface area contributed by atoms with E-state index in [1.165, 1.54) is 0 Å². The minimum atomic E-state index is -0.912. The zero-order valence-electron chi connectivity index (χ0n) is 16.8.